The van der Waals surface area contributed by atoms with Crippen LogP contribution in [-0.4, -0.2) is 48.4 Å². The minimum atomic E-state index is 0.132. The Morgan fingerprint density at radius 3 is 2.71 bits per heavy atom. The van der Waals surface area contributed by atoms with Gasteiger partial charge in [-0.05, 0) is 25.0 Å². The van der Waals surface area contributed by atoms with Gasteiger partial charge in [0.25, 0.3) is 0 Å². The molecule has 0 atom stereocenters. The third kappa shape index (κ3) is 3.23. The van der Waals surface area contributed by atoms with E-state index in [1.165, 1.54) is 0 Å². The Labute approximate surface area is 195 Å². The lowest BCUT2D eigenvalue weighted by molar-refractivity contribution is -0.130. The first-order valence-electron chi connectivity index (χ1n) is 11.4. The van der Waals surface area contributed by atoms with Gasteiger partial charge in [0.05, 0.1) is 24.0 Å². The normalized spacial score (nSPS) is 14.9. The maximum absolute atomic E-state index is 11.6. The Hall–Kier alpha value is -4.14. The summed E-state index contributed by atoms with van der Waals surface area (Å²) in [4.78, 5) is 17.9. The molecule has 0 bridgehead atoms. The molecule has 172 valence electrons. The lowest BCUT2D eigenvalue weighted by atomic mass is 10.0. The van der Waals surface area contributed by atoms with E-state index in [0.717, 1.165) is 64.7 Å². The van der Waals surface area contributed by atoms with Crippen LogP contribution >= 0.6 is 0 Å². The number of piperidine rings is 1. The van der Waals surface area contributed by atoms with E-state index in [0.29, 0.717) is 11.4 Å². The van der Waals surface area contributed by atoms with Gasteiger partial charge in [-0.1, -0.05) is 12.1 Å². The number of nitrogen functional groups attached to an aromatic ring is 1. The van der Waals surface area contributed by atoms with Crippen LogP contribution in [-0.2, 0) is 11.8 Å². The van der Waals surface area contributed by atoms with E-state index >= 15 is 0 Å². The number of furan rings is 1. The smallest absolute Gasteiger partial charge is 0.219 e. The molecule has 4 aromatic heterocycles. The lowest BCUT2D eigenvalue weighted by Gasteiger charge is -2.31. The molecular formula is C25H25N7O2. The highest BCUT2D eigenvalue weighted by molar-refractivity contribution is 6.02. The molecular weight excluding hydrogens is 430 g/mol. The predicted octanol–water partition coefficient (Wildman–Crippen LogP) is 4.01. The number of pyridine rings is 1. The van der Waals surface area contributed by atoms with Crippen molar-refractivity contribution in [2.45, 2.75) is 25.8 Å². The summed E-state index contributed by atoms with van der Waals surface area (Å²) in [5, 5.41) is 10.9. The van der Waals surface area contributed by atoms with Gasteiger partial charge in [-0.3, -0.25) is 14.2 Å². The van der Waals surface area contributed by atoms with E-state index in [1.807, 2.05) is 58.0 Å². The zero-order chi connectivity index (χ0) is 23.4. The summed E-state index contributed by atoms with van der Waals surface area (Å²) in [5.74, 6) is 1.21. The highest BCUT2D eigenvalue weighted by Crippen LogP contribution is 2.38. The maximum Gasteiger partial charge on any atom is 0.219 e. The molecule has 0 unspecified atom stereocenters. The van der Waals surface area contributed by atoms with Gasteiger partial charge in [0, 0.05) is 66.9 Å². The number of fused-ring (bicyclic) bond motifs is 2. The molecule has 34 heavy (non-hydrogen) atoms. The number of nitrogens with two attached hydrogens (primary N) is 1. The second-order valence-corrected chi connectivity index (χ2v) is 8.86. The van der Waals surface area contributed by atoms with E-state index < -0.39 is 0 Å². The van der Waals surface area contributed by atoms with E-state index in [-0.39, 0.29) is 11.9 Å². The van der Waals surface area contributed by atoms with Gasteiger partial charge in [-0.15, -0.1) is 0 Å². The maximum atomic E-state index is 11.6. The van der Waals surface area contributed by atoms with Crippen LogP contribution in [0.5, 0.6) is 0 Å². The lowest BCUT2D eigenvalue weighted by Crippen LogP contribution is -2.37. The molecule has 1 aliphatic heterocycles. The van der Waals surface area contributed by atoms with Gasteiger partial charge in [-0.25, -0.2) is 4.98 Å². The fourth-order valence-electron chi connectivity index (χ4n) is 4.92. The van der Waals surface area contributed by atoms with Crippen molar-refractivity contribution in [2.75, 3.05) is 18.8 Å². The Morgan fingerprint density at radius 2 is 1.91 bits per heavy atom. The van der Waals surface area contributed by atoms with Gasteiger partial charge in [-0.2, -0.15) is 10.2 Å². The minimum absolute atomic E-state index is 0.132. The van der Waals surface area contributed by atoms with Crippen molar-refractivity contribution in [2.24, 2.45) is 7.05 Å². The number of hydrogen-bond donors (Lipinski definition) is 1. The highest BCUT2D eigenvalue weighted by Gasteiger charge is 2.23. The number of nitrogens with zero attached hydrogens (tertiary/aromatic N) is 6. The summed E-state index contributed by atoms with van der Waals surface area (Å²) in [6.45, 7) is 3.14. The molecule has 5 heterocycles. The van der Waals surface area contributed by atoms with Crippen molar-refractivity contribution in [1.29, 1.82) is 0 Å². The zero-order valence-corrected chi connectivity index (χ0v) is 19.1. The fraction of sp³-hybridized carbons (Fsp3) is 0.280. The van der Waals surface area contributed by atoms with Crippen LogP contribution < -0.4 is 5.73 Å². The summed E-state index contributed by atoms with van der Waals surface area (Å²) in [7, 11) is 1.92. The summed E-state index contributed by atoms with van der Waals surface area (Å²) in [6, 6.07) is 8.34. The van der Waals surface area contributed by atoms with Crippen molar-refractivity contribution in [3.63, 3.8) is 0 Å². The van der Waals surface area contributed by atoms with Gasteiger partial charge in [0.1, 0.15) is 5.76 Å². The molecule has 9 heteroatoms. The summed E-state index contributed by atoms with van der Waals surface area (Å²) in [6.07, 6.45) is 9.32. The Kier molecular flexibility index (Phi) is 4.65. The molecule has 0 spiro atoms. The van der Waals surface area contributed by atoms with E-state index in [2.05, 4.69) is 21.4 Å². The molecule has 2 N–H and O–H groups in total. The van der Waals surface area contributed by atoms with Crippen molar-refractivity contribution < 1.29 is 9.21 Å². The number of carbonyl (C=O) groups is 1. The number of anilines is 1. The molecule has 1 amide bonds. The number of benzene rings is 1. The largest absolute Gasteiger partial charge is 0.452 e. The molecule has 1 aromatic carbocycles. The summed E-state index contributed by atoms with van der Waals surface area (Å²) in [5.41, 5.74) is 10.6. The minimum Gasteiger partial charge on any atom is -0.452 e. The second kappa shape index (κ2) is 7.72. The summed E-state index contributed by atoms with van der Waals surface area (Å²) < 4.78 is 10.1. The predicted molar refractivity (Wildman–Crippen MR) is 130 cm³/mol. The molecule has 5 aromatic rings. The van der Waals surface area contributed by atoms with Crippen LogP contribution in [0.25, 0.3) is 44.3 Å². The van der Waals surface area contributed by atoms with Crippen LogP contribution in [0, 0.1) is 0 Å². The average molecular weight is 456 g/mol. The number of hydrogen-bond acceptors (Lipinski definition) is 6. The Bertz CT molecular complexity index is 1540. The average Bonchev–Trinajstić information content (AvgIpc) is 3.59. The number of rotatable bonds is 3. The first-order chi connectivity index (χ1) is 16.5. The number of likely N-dealkylation sites (tertiary alicyclic amines) is 1. The van der Waals surface area contributed by atoms with Gasteiger partial charge >= 0.3 is 0 Å². The number of amides is 1. The molecule has 1 aliphatic rings. The van der Waals surface area contributed by atoms with Crippen molar-refractivity contribution in [3.8, 4) is 22.5 Å². The van der Waals surface area contributed by atoms with Crippen LogP contribution in [0.15, 0.2) is 53.5 Å². The summed E-state index contributed by atoms with van der Waals surface area (Å²) >= 11 is 0. The van der Waals surface area contributed by atoms with Crippen LogP contribution in [0.1, 0.15) is 25.8 Å². The first kappa shape index (κ1) is 20.5. The Balaban J connectivity index is 1.38. The molecule has 0 aliphatic carbocycles. The molecule has 6 rings (SSSR count). The monoisotopic (exact) mass is 455 g/mol. The van der Waals surface area contributed by atoms with Crippen molar-refractivity contribution in [3.05, 3.63) is 49.1 Å². The molecule has 9 nitrogen and oxygen atoms in total. The van der Waals surface area contributed by atoms with Gasteiger partial charge < -0.3 is 15.1 Å². The van der Waals surface area contributed by atoms with Crippen molar-refractivity contribution in [1.82, 2.24) is 29.4 Å². The molecule has 1 saturated heterocycles. The second-order valence-electron chi connectivity index (χ2n) is 8.86. The standard InChI is InChI=1S/C25H25N7O2/c1-15(33)31-8-6-17(7-9-31)32-14-16(11-29-32)20-12-27-25(26)24-19(20)10-23(34-24)18-4-3-5-22-21(18)13-28-30(22)2/h3-5,10-14,17H,6-9H2,1-2H3,(H2,26,27). The van der Waals surface area contributed by atoms with E-state index in [4.69, 9.17) is 10.2 Å². The quantitative estimate of drug-likeness (QED) is 0.440. The van der Waals surface area contributed by atoms with Gasteiger partial charge in [0.2, 0.25) is 5.91 Å². The molecule has 0 saturated carbocycles. The fourth-order valence-corrected chi connectivity index (χ4v) is 4.92. The molecule has 1 fully saturated rings. The van der Waals surface area contributed by atoms with E-state index in [1.54, 1.807) is 13.1 Å². The third-order valence-electron chi connectivity index (χ3n) is 6.84. The van der Waals surface area contributed by atoms with Crippen LogP contribution in [0.3, 0.4) is 0 Å². The Morgan fingerprint density at radius 1 is 1.09 bits per heavy atom. The number of carbonyl (C=O) groups excluding carboxylic acids is 1. The molecule has 0 radical (unpaired) electrons. The van der Waals surface area contributed by atoms with Crippen LogP contribution in [0.2, 0.25) is 0 Å². The first-order valence-corrected chi connectivity index (χ1v) is 11.4. The van der Waals surface area contributed by atoms with Crippen LogP contribution in [0.4, 0.5) is 5.82 Å². The highest BCUT2D eigenvalue weighted by atomic mass is 16.3. The SMILES string of the molecule is CC(=O)N1CCC(n2cc(-c3cnc(N)c4oc(-c5cccc6c5cnn6C)cc34)cn2)CC1. The van der Waals surface area contributed by atoms with E-state index in [9.17, 15) is 4.79 Å². The number of aromatic nitrogens is 5. The topological polar surface area (TPSA) is 108 Å². The number of aryl methyl sites for hydroxylation is 1. The third-order valence-corrected chi connectivity index (χ3v) is 6.84. The van der Waals surface area contributed by atoms with Crippen molar-refractivity contribution >= 4 is 33.6 Å². The zero-order valence-electron chi connectivity index (χ0n) is 19.1. The van der Waals surface area contributed by atoms with Gasteiger partial charge in [0.15, 0.2) is 11.4 Å².